The Labute approximate surface area is 534 Å². The molecule has 0 aromatic carbocycles. The van der Waals surface area contributed by atoms with Crippen molar-refractivity contribution in [1.29, 1.82) is 0 Å². The molecule has 2 aromatic rings. The molecule has 0 radical (unpaired) electrons. The molecule has 0 aliphatic heterocycles. The third-order valence-electron chi connectivity index (χ3n) is 15.7. The maximum atomic E-state index is 10.2. The lowest BCUT2D eigenvalue weighted by Gasteiger charge is -2.11. The number of aromatic nitrogens is 4. The van der Waals surface area contributed by atoms with Crippen LogP contribution >= 0.6 is 0 Å². The van der Waals surface area contributed by atoms with Crippen LogP contribution in [-0.4, -0.2) is 77.8 Å². The summed E-state index contributed by atoms with van der Waals surface area (Å²) in [7, 11) is -14.7. The molecule has 0 bridgehead atoms. The predicted molar refractivity (Wildman–Crippen MR) is 371 cm³/mol. The van der Waals surface area contributed by atoms with Gasteiger partial charge in [-0.3, -0.25) is 0 Å². The van der Waals surface area contributed by atoms with E-state index in [-0.39, 0.29) is 0 Å². The summed E-state index contributed by atoms with van der Waals surface area (Å²) in [5, 5.41) is 0. The van der Waals surface area contributed by atoms with Gasteiger partial charge in [0, 0.05) is 63.2 Å². The molecule has 0 saturated heterocycles. The summed E-state index contributed by atoms with van der Waals surface area (Å²) in [6, 6.07) is 0. The molecule has 0 fully saturated rings. The first-order valence-corrected chi connectivity index (χ1v) is 43.0. The topological polar surface area (TPSA) is 198 Å². The highest BCUT2D eigenvalue weighted by molar-refractivity contribution is 8.11. The van der Waals surface area contributed by atoms with Crippen molar-refractivity contribution < 1.29 is 33.7 Å². The van der Waals surface area contributed by atoms with Crippen LogP contribution in [0.4, 0.5) is 0 Å². The highest BCUT2D eigenvalue weighted by Gasteiger charge is 2.09. The summed E-state index contributed by atoms with van der Waals surface area (Å²) in [5.74, 6) is 2.65. The minimum Gasteiger partial charge on any atom is -0.437 e. The molecule has 0 spiro atoms. The largest absolute Gasteiger partial charge is 0.437 e. The first-order valence-electron chi connectivity index (χ1n) is 35.5. The molecule has 86 heavy (non-hydrogen) atoms. The van der Waals surface area contributed by atoms with E-state index in [4.69, 9.17) is 0 Å². The Kier molecular flexibility index (Phi) is 60.8. The predicted octanol–water partition coefficient (Wildman–Crippen LogP) is 20.2. The summed E-state index contributed by atoms with van der Waals surface area (Å²) in [6.45, 7) is 11.5. The van der Waals surface area contributed by atoms with Gasteiger partial charge in [-0.05, 0) is 25.7 Å². The first-order chi connectivity index (χ1) is 41.2. The zero-order valence-electron chi connectivity index (χ0n) is 57.1. The maximum absolute atomic E-state index is 10.2. The summed E-state index contributed by atoms with van der Waals surface area (Å²) >= 11 is 0. The number of nitrogens with one attached hydrogen (secondary N) is 1. The van der Waals surface area contributed by atoms with Gasteiger partial charge < -0.3 is 13.3 Å². The van der Waals surface area contributed by atoms with Crippen LogP contribution in [0.2, 0.25) is 0 Å². The number of rotatable bonds is 58. The van der Waals surface area contributed by atoms with Gasteiger partial charge in [-0.2, -0.15) is 0 Å². The molecule has 14 nitrogen and oxygen atoms in total. The van der Waals surface area contributed by atoms with Gasteiger partial charge in [0.25, 0.3) is 0 Å². The molecule has 0 amide bonds. The molecule has 512 valence electrons. The molecule has 0 unspecified atom stereocenters. The first kappa shape index (κ1) is 86.2. The number of sulfonamides is 4. The zero-order valence-corrected chi connectivity index (χ0v) is 60.4. The van der Waals surface area contributed by atoms with Crippen LogP contribution in [0.25, 0.3) is 4.13 Å². The molecular formula is C68H137N6O8S4-. The summed E-state index contributed by atoms with van der Waals surface area (Å²) in [5.41, 5.74) is 0. The lowest BCUT2D eigenvalue weighted by molar-refractivity contribution is 0.514. The molecule has 2 rings (SSSR count). The second-order valence-electron chi connectivity index (χ2n) is 25.0. The average molecular weight is 1300 g/mol. The zero-order chi connectivity index (χ0) is 64.2. The van der Waals surface area contributed by atoms with E-state index in [0.29, 0.717) is 12.5 Å². The number of aryl methyl sites for hydroxylation is 4. The van der Waals surface area contributed by atoms with E-state index >= 15 is 0 Å². The van der Waals surface area contributed by atoms with Crippen molar-refractivity contribution in [1.82, 2.24) is 23.2 Å². The Bertz CT molecular complexity index is 1990. The number of hydrogen-bond donors (Lipinski definition) is 1. The Balaban J connectivity index is 0. The Morgan fingerprint density at radius 1 is 0.302 bits per heavy atom. The summed E-state index contributed by atoms with van der Waals surface area (Å²) in [4.78, 5) is 9.28. The molecule has 1 N–H and O–H groups in total. The van der Waals surface area contributed by atoms with Gasteiger partial charge in [0.2, 0.25) is 20.0 Å². The standard InChI is InChI=1S/2C32H62N2.C2H7NO4S2.C2H6NO4S2/c2*1-3-5-7-9-11-13-14-15-16-17-18-19-21-23-25-27-30-34-31-29-33-32(34)28-26-24-22-20-12-10-8-6-4-2;2*1-8(4,5)3-9(2,6)7/h2*29,31H,3-28,30H2,1-2H3;3H,1-2H3;1-2H3/q;;;-1. The number of hydrogen-bond acceptors (Lipinski definition) is 10. The van der Waals surface area contributed by atoms with E-state index in [1.165, 1.54) is 363 Å². The highest BCUT2D eigenvalue weighted by Crippen LogP contribution is 2.18. The number of unbranched alkanes of at least 4 members (excludes halogenated alkanes) is 46. The van der Waals surface area contributed by atoms with Gasteiger partial charge in [-0.25, -0.2) is 43.6 Å². The monoisotopic (exact) mass is 1290 g/mol. The van der Waals surface area contributed by atoms with Crippen molar-refractivity contribution in [3.8, 4) is 0 Å². The number of imidazole rings is 2. The van der Waals surface area contributed by atoms with Crippen LogP contribution < -0.4 is 4.13 Å². The van der Waals surface area contributed by atoms with Crippen molar-refractivity contribution >= 4 is 40.1 Å². The third kappa shape index (κ3) is 69.6. The van der Waals surface area contributed by atoms with E-state index in [2.05, 4.69) is 63.3 Å². The Morgan fingerprint density at radius 2 is 0.488 bits per heavy atom. The van der Waals surface area contributed by atoms with E-state index in [9.17, 15) is 33.7 Å². The Morgan fingerprint density at radius 3 is 0.651 bits per heavy atom. The van der Waals surface area contributed by atoms with Gasteiger partial charge >= 0.3 is 0 Å². The SMILES string of the molecule is CCCCCCCCCCCCCCCCCCn1ccnc1CCCCCCCCCCC.CCCCCCCCCCCCCCCCCCn1ccnc1CCCCCCCCCCC.CS(=O)(=O)NS(C)(=O)=O.CS(=O)(=O)[N-]S(C)(=O)=O. The fourth-order valence-corrected chi connectivity index (χ4v) is 15.1. The van der Waals surface area contributed by atoms with Crippen molar-refractivity contribution in [2.75, 3.05) is 25.0 Å². The lowest BCUT2D eigenvalue weighted by Crippen LogP contribution is -2.27. The minimum absolute atomic E-state index is 0.716. The van der Waals surface area contributed by atoms with Gasteiger partial charge in [-0.1, -0.05) is 323 Å². The molecule has 0 atom stereocenters. The van der Waals surface area contributed by atoms with Crippen molar-refractivity contribution in [2.24, 2.45) is 0 Å². The van der Waals surface area contributed by atoms with Crippen LogP contribution in [0.15, 0.2) is 24.8 Å². The molecule has 2 aromatic heterocycles. The Hall–Kier alpha value is -1.86. The summed E-state index contributed by atoms with van der Waals surface area (Å²) < 4.78 is 89.8. The van der Waals surface area contributed by atoms with Crippen molar-refractivity contribution in [2.45, 2.75) is 375 Å². The van der Waals surface area contributed by atoms with Crippen LogP contribution in [0, 0.1) is 0 Å². The van der Waals surface area contributed by atoms with E-state index < -0.39 is 40.1 Å². The van der Waals surface area contributed by atoms with Crippen LogP contribution in [-0.2, 0) is 66.0 Å². The highest BCUT2D eigenvalue weighted by atomic mass is 32.3. The number of nitrogens with zero attached hydrogens (tertiary/aromatic N) is 5. The smallest absolute Gasteiger partial charge is 0.221 e. The molecule has 0 aliphatic rings. The van der Waals surface area contributed by atoms with Crippen LogP contribution in [0.5, 0.6) is 0 Å². The van der Waals surface area contributed by atoms with Crippen molar-refractivity contribution in [3.05, 3.63) is 40.6 Å². The normalized spacial score (nSPS) is 11.9. The molecule has 2 heterocycles. The van der Waals surface area contributed by atoms with Gasteiger partial charge in [-0.15, -0.1) is 4.13 Å². The van der Waals surface area contributed by atoms with Gasteiger partial charge in [0.05, 0.1) is 32.6 Å². The van der Waals surface area contributed by atoms with E-state index in [1.807, 2.05) is 12.4 Å². The molecule has 0 aliphatic carbocycles. The molecule has 18 heteroatoms. The maximum Gasteiger partial charge on any atom is 0.221 e. The summed E-state index contributed by atoms with van der Waals surface area (Å²) in [6.07, 6.45) is 85.0. The van der Waals surface area contributed by atoms with Crippen molar-refractivity contribution in [3.63, 3.8) is 0 Å². The fourth-order valence-electron chi connectivity index (χ4n) is 10.9. The molecular weight excluding hydrogens is 1160 g/mol. The quantitative estimate of drug-likeness (QED) is 0.0622. The van der Waals surface area contributed by atoms with Crippen LogP contribution in [0.1, 0.15) is 360 Å². The fraction of sp³-hybridized carbons (Fsp3) is 0.912. The van der Waals surface area contributed by atoms with E-state index in [0.717, 1.165) is 12.5 Å². The second kappa shape index (κ2) is 60.7. The lowest BCUT2D eigenvalue weighted by atomic mass is 10.0. The van der Waals surface area contributed by atoms with Gasteiger partial charge in [0.1, 0.15) is 11.6 Å². The minimum atomic E-state index is -3.74. The van der Waals surface area contributed by atoms with Gasteiger partial charge in [0.15, 0.2) is 0 Å². The average Bonchev–Trinajstić information content (AvgIpc) is 4.28. The second-order valence-corrected chi connectivity index (χ2v) is 32.3. The third-order valence-corrected chi connectivity index (χ3v) is 20.3. The molecule has 0 saturated carbocycles. The van der Waals surface area contributed by atoms with E-state index in [1.54, 1.807) is 0 Å². The van der Waals surface area contributed by atoms with Crippen LogP contribution in [0.3, 0.4) is 0 Å².